The lowest BCUT2D eigenvalue weighted by molar-refractivity contribution is 0.0692. The third kappa shape index (κ3) is 3.20. The molecule has 0 atom stereocenters. The van der Waals surface area contributed by atoms with E-state index in [1.165, 1.54) is 12.5 Å². The maximum absolute atomic E-state index is 11.0. The van der Waals surface area contributed by atoms with Crippen molar-refractivity contribution in [3.05, 3.63) is 52.6 Å². The van der Waals surface area contributed by atoms with Crippen LogP contribution < -0.4 is 4.74 Å². The monoisotopic (exact) mass is 278 g/mol. The van der Waals surface area contributed by atoms with Crippen LogP contribution in [0.2, 0.25) is 5.02 Å². The van der Waals surface area contributed by atoms with E-state index in [0.29, 0.717) is 16.5 Å². The van der Waals surface area contributed by atoms with Gasteiger partial charge in [-0.1, -0.05) is 11.6 Å². The fourth-order valence-corrected chi connectivity index (χ4v) is 1.62. The lowest BCUT2D eigenvalue weighted by atomic mass is 10.2. The minimum atomic E-state index is -1.08. The molecule has 1 aromatic heterocycles. The van der Waals surface area contributed by atoms with Crippen molar-refractivity contribution in [3.8, 4) is 5.75 Å². The fourth-order valence-electron chi connectivity index (χ4n) is 1.51. The molecule has 0 aliphatic carbocycles. The second-order valence-corrected chi connectivity index (χ2v) is 4.30. The molecule has 1 heterocycles. The topological polar surface area (TPSA) is 72.3 Å². The van der Waals surface area contributed by atoms with Crippen LogP contribution in [-0.4, -0.2) is 21.0 Å². The number of benzene rings is 1. The van der Waals surface area contributed by atoms with Gasteiger partial charge in [-0.2, -0.15) is 0 Å². The van der Waals surface area contributed by atoms with E-state index in [9.17, 15) is 4.79 Å². The Bertz CT molecular complexity index is 617. The van der Waals surface area contributed by atoms with Crippen molar-refractivity contribution in [2.24, 2.45) is 0 Å². The summed E-state index contributed by atoms with van der Waals surface area (Å²) in [6.07, 6.45) is 2.54. The number of nitrogens with zero attached hydrogens (tertiary/aromatic N) is 2. The van der Waals surface area contributed by atoms with Crippen LogP contribution in [0.25, 0.3) is 0 Å². The number of carboxylic acid groups (broad SMARTS) is 1. The van der Waals surface area contributed by atoms with Crippen LogP contribution in [0.1, 0.15) is 21.6 Å². The normalized spacial score (nSPS) is 10.2. The highest BCUT2D eigenvalue weighted by atomic mass is 35.5. The number of aromatic carboxylic acids is 1. The molecule has 0 unspecified atom stereocenters. The van der Waals surface area contributed by atoms with Gasteiger partial charge < -0.3 is 9.84 Å². The maximum atomic E-state index is 11.0. The van der Waals surface area contributed by atoms with E-state index < -0.39 is 5.97 Å². The molecule has 98 valence electrons. The van der Waals surface area contributed by atoms with E-state index >= 15 is 0 Å². The first kappa shape index (κ1) is 13.3. The number of ether oxygens (including phenoxy) is 1. The molecule has 1 N–H and O–H groups in total. The van der Waals surface area contributed by atoms with Crippen molar-refractivity contribution in [3.63, 3.8) is 0 Å². The Morgan fingerprint density at radius 2 is 2.26 bits per heavy atom. The second kappa shape index (κ2) is 5.67. The Morgan fingerprint density at radius 3 is 2.95 bits per heavy atom. The number of rotatable bonds is 4. The van der Waals surface area contributed by atoms with E-state index in [2.05, 4.69) is 9.97 Å². The van der Waals surface area contributed by atoms with Crippen LogP contribution in [0.4, 0.5) is 0 Å². The largest absolute Gasteiger partial charge is 0.487 e. The minimum absolute atomic E-state index is 0.0354. The molecule has 0 radical (unpaired) electrons. The summed E-state index contributed by atoms with van der Waals surface area (Å²) in [7, 11) is 0. The Balaban J connectivity index is 2.14. The average Bonchev–Trinajstić information content (AvgIpc) is 2.40. The van der Waals surface area contributed by atoms with Crippen LogP contribution in [0.15, 0.2) is 30.7 Å². The van der Waals surface area contributed by atoms with Crippen molar-refractivity contribution < 1.29 is 14.6 Å². The molecular formula is C13H11ClN2O3. The number of aryl methyl sites for hydroxylation is 1. The van der Waals surface area contributed by atoms with Gasteiger partial charge >= 0.3 is 5.97 Å². The Kier molecular flexibility index (Phi) is 3.97. The first-order valence-electron chi connectivity index (χ1n) is 5.49. The molecule has 0 bridgehead atoms. The zero-order chi connectivity index (χ0) is 13.8. The Labute approximate surface area is 114 Å². The van der Waals surface area contributed by atoms with Crippen LogP contribution >= 0.6 is 11.6 Å². The summed E-state index contributed by atoms with van der Waals surface area (Å²) < 4.78 is 5.51. The zero-order valence-electron chi connectivity index (χ0n) is 10.1. The predicted molar refractivity (Wildman–Crippen MR) is 69.5 cm³/mol. The number of carbonyl (C=O) groups is 1. The van der Waals surface area contributed by atoms with E-state index in [4.69, 9.17) is 21.4 Å². The van der Waals surface area contributed by atoms with E-state index in [1.807, 2.05) is 6.92 Å². The first-order chi connectivity index (χ1) is 9.08. The molecule has 0 spiro atoms. The number of halogens is 1. The van der Waals surface area contributed by atoms with Gasteiger partial charge in [0.05, 0.1) is 5.69 Å². The van der Waals surface area contributed by atoms with Gasteiger partial charge in [-0.3, -0.25) is 0 Å². The molecule has 2 rings (SSSR count). The van der Waals surface area contributed by atoms with Crippen LogP contribution in [-0.2, 0) is 6.61 Å². The van der Waals surface area contributed by atoms with Gasteiger partial charge in [0.25, 0.3) is 0 Å². The molecule has 0 aliphatic heterocycles. The summed E-state index contributed by atoms with van der Waals surface area (Å²) in [6.45, 7) is 1.92. The lowest BCUT2D eigenvalue weighted by Gasteiger charge is -2.08. The SMILES string of the molecule is Cc1cc(OCc2ncncc2C(=O)O)ccc1Cl. The number of hydrogen-bond donors (Lipinski definition) is 1. The number of hydrogen-bond acceptors (Lipinski definition) is 4. The molecule has 2 aromatic rings. The summed E-state index contributed by atoms with van der Waals surface area (Å²) in [5.74, 6) is -0.469. The average molecular weight is 279 g/mol. The van der Waals surface area contributed by atoms with Gasteiger partial charge in [0, 0.05) is 11.2 Å². The van der Waals surface area contributed by atoms with Crippen molar-refractivity contribution in [2.75, 3.05) is 0 Å². The van der Waals surface area contributed by atoms with Crippen LogP contribution in [0, 0.1) is 6.92 Å². The fraction of sp³-hybridized carbons (Fsp3) is 0.154. The number of carboxylic acids is 1. The quantitative estimate of drug-likeness (QED) is 0.931. The van der Waals surface area contributed by atoms with Crippen LogP contribution in [0.5, 0.6) is 5.75 Å². The third-order valence-corrected chi connectivity index (χ3v) is 2.95. The lowest BCUT2D eigenvalue weighted by Crippen LogP contribution is -2.08. The van der Waals surface area contributed by atoms with Crippen LogP contribution in [0.3, 0.4) is 0 Å². The van der Waals surface area contributed by atoms with Gasteiger partial charge in [-0.15, -0.1) is 0 Å². The molecular weight excluding hydrogens is 268 g/mol. The van der Waals surface area contributed by atoms with E-state index in [-0.39, 0.29) is 12.2 Å². The summed E-state index contributed by atoms with van der Waals surface area (Å²) in [5.41, 5.74) is 1.25. The smallest absolute Gasteiger partial charge is 0.339 e. The highest BCUT2D eigenvalue weighted by Crippen LogP contribution is 2.21. The van der Waals surface area contributed by atoms with E-state index in [1.54, 1.807) is 18.2 Å². The molecule has 0 amide bonds. The molecule has 0 saturated carbocycles. The van der Waals surface area contributed by atoms with Crippen molar-refractivity contribution in [1.29, 1.82) is 0 Å². The third-order valence-electron chi connectivity index (χ3n) is 2.53. The van der Waals surface area contributed by atoms with Crippen molar-refractivity contribution in [2.45, 2.75) is 13.5 Å². The first-order valence-corrected chi connectivity index (χ1v) is 5.87. The molecule has 1 aromatic carbocycles. The van der Waals surface area contributed by atoms with E-state index in [0.717, 1.165) is 5.56 Å². The predicted octanol–water partition coefficient (Wildman–Crippen LogP) is 2.72. The Hall–Kier alpha value is -2.14. The molecule has 5 nitrogen and oxygen atoms in total. The van der Waals surface area contributed by atoms with Gasteiger partial charge in [-0.05, 0) is 30.7 Å². The summed E-state index contributed by atoms with van der Waals surface area (Å²) in [4.78, 5) is 18.6. The van der Waals surface area contributed by atoms with Gasteiger partial charge in [-0.25, -0.2) is 14.8 Å². The minimum Gasteiger partial charge on any atom is -0.487 e. The van der Waals surface area contributed by atoms with Crippen molar-refractivity contribution >= 4 is 17.6 Å². The Morgan fingerprint density at radius 1 is 1.47 bits per heavy atom. The standard InChI is InChI=1S/C13H11ClN2O3/c1-8-4-9(2-3-11(8)14)19-6-12-10(13(17)18)5-15-7-16-12/h2-5,7H,6H2,1H3,(H,17,18). The van der Waals surface area contributed by atoms with Crippen molar-refractivity contribution in [1.82, 2.24) is 9.97 Å². The molecule has 6 heteroatoms. The molecule has 0 aliphatic rings. The molecule has 19 heavy (non-hydrogen) atoms. The summed E-state index contributed by atoms with van der Waals surface area (Å²) in [6, 6.07) is 5.23. The second-order valence-electron chi connectivity index (χ2n) is 3.89. The molecule has 0 fully saturated rings. The summed E-state index contributed by atoms with van der Waals surface area (Å²) >= 11 is 5.91. The van der Waals surface area contributed by atoms with Gasteiger partial charge in [0.15, 0.2) is 0 Å². The molecule has 0 saturated heterocycles. The highest BCUT2D eigenvalue weighted by Gasteiger charge is 2.11. The highest BCUT2D eigenvalue weighted by molar-refractivity contribution is 6.31. The summed E-state index contributed by atoms with van der Waals surface area (Å²) in [5, 5.41) is 9.64. The maximum Gasteiger partial charge on any atom is 0.339 e. The van der Waals surface area contributed by atoms with Gasteiger partial charge in [0.2, 0.25) is 0 Å². The zero-order valence-corrected chi connectivity index (χ0v) is 10.9. The van der Waals surface area contributed by atoms with Gasteiger partial charge in [0.1, 0.15) is 24.2 Å². The number of aromatic nitrogens is 2.